The number of hydrogen-bond donors (Lipinski definition) is 8. The molecule has 224 valence electrons. The summed E-state index contributed by atoms with van der Waals surface area (Å²) in [6.07, 6.45) is -6.08. The number of carbonyl (C=O) groups excluding carboxylic acids is 1. The van der Waals surface area contributed by atoms with Crippen LogP contribution in [0.1, 0.15) is 32.8 Å². The molecule has 1 amide bonds. The second-order valence-corrected chi connectivity index (χ2v) is 11.1. The number of nitrogens with one attached hydrogen (secondary N) is 3. The van der Waals surface area contributed by atoms with Crippen LogP contribution in [0.3, 0.4) is 0 Å². The van der Waals surface area contributed by atoms with E-state index in [9.17, 15) is 39.5 Å². The number of ether oxygens (including phenoxy) is 1. The molecule has 1 aromatic carbocycles. The normalized spacial score (nSPS) is 24.8. The van der Waals surface area contributed by atoms with Gasteiger partial charge in [0.1, 0.15) is 24.4 Å². The fourth-order valence-corrected chi connectivity index (χ4v) is 5.28. The van der Waals surface area contributed by atoms with E-state index in [0.717, 1.165) is 10.9 Å². The molecule has 15 nitrogen and oxygen atoms in total. The molecule has 1 aliphatic rings. The van der Waals surface area contributed by atoms with Crippen LogP contribution in [0.5, 0.6) is 0 Å². The number of carboxylic acids is 1. The average molecular weight is 626 g/mol. The third kappa shape index (κ3) is 11.5. The molecule has 8 unspecified atom stereocenters. The molecule has 2 radical (unpaired) electrons. The van der Waals surface area contributed by atoms with Gasteiger partial charge in [-0.3, -0.25) is 9.32 Å². The van der Waals surface area contributed by atoms with Gasteiger partial charge in [-0.15, -0.1) is 0 Å². The first-order valence-corrected chi connectivity index (χ1v) is 13.4. The maximum Gasteiger partial charge on any atom is 0.406 e. The first-order valence-electron chi connectivity index (χ1n) is 11.9. The van der Waals surface area contributed by atoms with E-state index in [1.807, 2.05) is 24.3 Å². The molecule has 0 saturated carbocycles. The number of aliphatic hydroxyl groups is 3. The molecule has 1 fully saturated rings. The molecule has 1 aliphatic heterocycles. The van der Waals surface area contributed by atoms with Crippen molar-refractivity contribution in [2.45, 2.75) is 76.4 Å². The minimum atomic E-state index is -4.83. The largest absolute Gasteiger partial charge is 0.480 e. The molecule has 8 atom stereocenters. The Hall–Kier alpha value is -0.430. The Morgan fingerprint density at radius 2 is 1.68 bits per heavy atom. The third-order valence-electron chi connectivity index (χ3n) is 6.11. The number of aromatic amines is 1. The topological polar surface area (TPSA) is 274 Å². The van der Waals surface area contributed by atoms with Gasteiger partial charge in [0, 0.05) is 82.6 Å². The molecule has 3 rings (SSSR count). The predicted octanol–water partition coefficient (Wildman–Crippen LogP) is -2.18. The van der Waals surface area contributed by atoms with Gasteiger partial charge >= 0.3 is 13.7 Å². The van der Waals surface area contributed by atoms with Gasteiger partial charge in [0.15, 0.2) is 6.29 Å². The minimum Gasteiger partial charge on any atom is -0.480 e. The number of benzene rings is 1. The zero-order valence-corrected chi connectivity index (χ0v) is 28.5. The van der Waals surface area contributed by atoms with Crippen molar-refractivity contribution in [2.24, 2.45) is 5.92 Å². The summed E-state index contributed by atoms with van der Waals surface area (Å²) in [5.41, 5.74) is 1.48. The van der Waals surface area contributed by atoms with Crippen molar-refractivity contribution in [1.82, 2.24) is 15.4 Å². The van der Waals surface area contributed by atoms with Gasteiger partial charge in [-0.1, -0.05) is 32.0 Å². The van der Waals surface area contributed by atoms with Crippen LogP contribution >= 0.6 is 7.75 Å². The average Bonchev–Trinajstić information content (AvgIpc) is 3.22. The Labute approximate surface area is 281 Å². The van der Waals surface area contributed by atoms with Crippen LogP contribution in [-0.4, -0.2) is 155 Å². The number of hydrogen-bond acceptors (Lipinski definition) is 8. The van der Waals surface area contributed by atoms with Gasteiger partial charge in [0.2, 0.25) is 5.91 Å². The van der Waals surface area contributed by atoms with Gasteiger partial charge in [-0.05, 0) is 30.9 Å². The van der Waals surface area contributed by atoms with Crippen LogP contribution in [0.4, 0.5) is 0 Å². The molecule has 1 saturated heterocycles. The van der Waals surface area contributed by atoms with E-state index in [-0.39, 0.29) is 88.8 Å². The van der Waals surface area contributed by atoms with Crippen LogP contribution in [-0.2, 0) is 29.8 Å². The zero-order chi connectivity index (χ0) is 27.5. The van der Waals surface area contributed by atoms with Gasteiger partial charge in [-0.25, -0.2) is 14.4 Å². The Kier molecular flexibility index (Phi) is 19.2. The van der Waals surface area contributed by atoms with Crippen molar-refractivity contribution in [3.63, 3.8) is 0 Å². The number of carboxylic acid groups (broad SMARTS) is 1. The van der Waals surface area contributed by atoms with E-state index >= 15 is 0 Å². The molecule has 18 heteroatoms. The van der Waals surface area contributed by atoms with Crippen LogP contribution in [0.15, 0.2) is 30.5 Å². The van der Waals surface area contributed by atoms with Crippen molar-refractivity contribution >= 4 is 89.6 Å². The van der Waals surface area contributed by atoms with Crippen LogP contribution in [0.2, 0.25) is 0 Å². The molecule has 0 bridgehead atoms. The standard InChI is InChI=1S/C23H34N3O10P.2Na.2H2O/c1-11(2)8-16(26-37(33,34)36-23-20(29)19(28)18(27)12(3)35-23)21(30)25-17(22(31)32)9-13-10-24-15-7-5-4-6-14(13)15;;;;/h4-7,10-12,16-20,23-24,27-29H,8-9H2,1-3H3,(H,25,30)(H,31,32)(H2,26,33,34);;;2*1H2. The molecule has 12 N–H and O–H groups in total. The summed E-state index contributed by atoms with van der Waals surface area (Å²) in [6, 6.07) is 4.63. The fraction of sp³-hybridized carbons (Fsp3) is 0.565. The first-order chi connectivity index (χ1) is 17.3. The van der Waals surface area contributed by atoms with Gasteiger partial charge < -0.3 is 51.3 Å². The van der Waals surface area contributed by atoms with Crippen LogP contribution in [0.25, 0.3) is 10.9 Å². The summed E-state index contributed by atoms with van der Waals surface area (Å²) >= 11 is 0. The van der Waals surface area contributed by atoms with Gasteiger partial charge in [0.25, 0.3) is 0 Å². The Bertz CT molecular complexity index is 1160. The van der Waals surface area contributed by atoms with Crippen LogP contribution < -0.4 is 10.4 Å². The zero-order valence-electron chi connectivity index (χ0n) is 23.6. The molecule has 2 aromatic rings. The summed E-state index contributed by atoms with van der Waals surface area (Å²) in [5.74, 6) is -2.27. The first kappa shape index (κ1) is 42.7. The molecular formula is C23H38N3Na2O12P. The Balaban J connectivity index is 0. The number of amides is 1. The summed E-state index contributed by atoms with van der Waals surface area (Å²) in [4.78, 5) is 38.5. The maximum absolute atomic E-state index is 13.1. The summed E-state index contributed by atoms with van der Waals surface area (Å²) in [5, 5.41) is 45.0. The van der Waals surface area contributed by atoms with Crippen molar-refractivity contribution in [2.75, 3.05) is 0 Å². The fourth-order valence-electron chi connectivity index (χ4n) is 4.15. The number of rotatable bonds is 11. The Morgan fingerprint density at radius 3 is 2.27 bits per heavy atom. The number of aromatic nitrogens is 1. The second-order valence-electron chi connectivity index (χ2n) is 9.58. The van der Waals surface area contributed by atoms with E-state index in [0.29, 0.717) is 5.56 Å². The Morgan fingerprint density at radius 1 is 1.07 bits per heavy atom. The SMILES string of the molecule is CC(C)CC(NP(=O)(O)OC1OC(C)C(O)C(O)C1O)C(=O)NC(Cc1c[nH]c2ccccc12)C(=O)O.O.O.[Na].[Na]. The van der Waals surface area contributed by atoms with E-state index in [1.165, 1.54) is 6.92 Å². The quantitative estimate of drug-likeness (QED) is 0.0982. The monoisotopic (exact) mass is 625 g/mol. The number of para-hydroxylation sites is 1. The molecule has 2 heterocycles. The predicted molar refractivity (Wildman–Crippen MR) is 150 cm³/mol. The van der Waals surface area contributed by atoms with Crippen molar-refractivity contribution in [3.05, 3.63) is 36.0 Å². The summed E-state index contributed by atoms with van der Waals surface area (Å²) in [6.45, 7) is 4.90. The van der Waals surface area contributed by atoms with E-state index in [4.69, 9.17) is 9.26 Å². The molecular weight excluding hydrogens is 587 g/mol. The number of carbonyl (C=O) groups is 2. The third-order valence-corrected chi connectivity index (χ3v) is 7.24. The van der Waals surface area contributed by atoms with E-state index in [2.05, 4.69) is 15.4 Å². The smallest absolute Gasteiger partial charge is 0.406 e. The van der Waals surface area contributed by atoms with Gasteiger partial charge in [0.05, 0.1) is 12.1 Å². The number of fused-ring (bicyclic) bond motifs is 1. The van der Waals surface area contributed by atoms with Crippen molar-refractivity contribution in [1.29, 1.82) is 0 Å². The molecule has 1 aromatic heterocycles. The minimum absolute atomic E-state index is 0. The summed E-state index contributed by atoms with van der Waals surface area (Å²) < 4.78 is 23.0. The van der Waals surface area contributed by atoms with E-state index < -0.39 is 62.4 Å². The second kappa shape index (κ2) is 18.4. The maximum atomic E-state index is 13.1. The molecule has 41 heavy (non-hydrogen) atoms. The number of H-pyrrole nitrogens is 1. The van der Waals surface area contributed by atoms with Crippen molar-refractivity contribution in [3.8, 4) is 0 Å². The molecule has 0 aliphatic carbocycles. The van der Waals surface area contributed by atoms with E-state index in [1.54, 1.807) is 20.0 Å². The van der Waals surface area contributed by atoms with Gasteiger partial charge in [-0.2, -0.15) is 0 Å². The molecule has 0 spiro atoms. The van der Waals surface area contributed by atoms with Crippen LogP contribution in [0, 0.1) is 5.92 Å². The number of aliphatic carboxylic acids is 1. The summed E-state index contributed by atoms with van der Waals surface area (Å²) in [7, 11) is -4.83. The van der Waals surface area contributed by atoms with Crippen molar-refractivity contribution < 1.29 is 59.7 Å². The number of aliphatic hydroxyl groups excluding tert-OH is 3.